The molecule has 26 heteroatoms. The summed E-state index contributed by atoms with van der Waals surface area (Å²) in [4.78, 5) is 47.4. The number of ether oxygens (including phenoxy) is 1. The molecular weight excluding hydrogens is 1000 g/mol. The van der Waals surface area contributed by atoms with E-state index in [-0.39, 0.29) is 38.4 Å². The molecule has 8 aromatic rings. The number of anilines is 2. The maximum absolute atomic E-state index is 14.6. The Bertz CT molecular complexity index is 3340. The molecule has 0 fully saturated rings. The summed E-state index contributed by atoms with van der Waals surface area (Å²) < 4.78 is 130. The fourth-order valence-corrected chi connectivity index (χ4v) is 7.54. The third-order valence-corrected chi connectivity index (χ3v) is 10.4. The molecule has 2 amide bonds. The van der Waals surface area contributed by atoms with Gasteiger partial charge in [0.25, 0.3) is 0 Å². The number of hydrogen-bond donors (Lipinski definition) is 3. The summed E-state index contributed by atoms with van der Waals surface area (Å²) in [5.41, 5.74) is -6.96. The van der Waals surface area contributed by atoms with Crippen molar-refractivity contribution in [3.63, 3.8) is 0 Å². The second-order valence-corrected chi connectivity index (χ2v) is 15.4. The molecule has 0 saturated carbocycles. The second-order valence-electron chi connectivity index (χ2n) is 14.6. The van der Waals surface area contributed by atoms with Crippen LogP contribution in [0.15, 0.2) is 106 Å². The van der Waals surface area contributed by atoms with Crippen molar-refractivity contribution in [2.45, 2.75) is 26.2 Å². The lowest BCUT2D eigenvalue weighted by Crippen LogP contribution is -2.15. The standard InChI is InChI=1S/C23H15ClF4N4O4.C22H13ClF4N4O4/c1-11(33)30-12-5-3-6-13(9-12)32-21(23(26,27)28)14(10-29-32)20-18(22(34)35-2)19(31-36-20)17-15(24)7-4-8-16(17)25;1-10(32)29-11-4-2-5-12(8-11)31-20(22(25,26)27)13(9-28-31)19-17(21(33)34)18(30-35-19)16-14(23)6-3-7-15(16)24/h3-10H,1-2H3,(H,30,33);2-9H,1H3,(H,29,32)(H,33,34). The van der Waals surface area contributed by atoms with Gasteiger partial charge in [-0.3, -0.25) is 9.59 Å². The van der Waals surface area contributed by atoms with Crippen LogP contribution in [0, 0.1) is 11.6 Å². The lowest BCUT2D eigenvalue weighted by molar-refractivity contribution is -0.143. The van der Waals surface area contributed by atoms with Crippen LogP contribution in [-0.4, -0.2) is 65.8 Å². The molecule has 4 aromatic carbocycles. The Labute approximate surface area is 402 Å². The number of esters is 1. The largest absolute Gasteiger partial charge is 0.477 e. The zero-order chi connectivity index (χ0) is 51.7. The van der Waals surface area contributed by atoms with Gasteiger partial charge in [-0.05, 0) is 60.7 Å². The van der Waals surface area contributed by atoms with E-state index in [1.54, 1.807) is 0 Å². The molecule has 4 aromatic heterocycles. The number of hydrogen-bond acceptors (Lipinski definition) is 11. The highest BCUT2D eigenvalue weighted by atomic mass is 35.5. The van der Waals surface area contributed by atoms with E-state index in [0.29, 0.717) is 9.36 Å². The average Bonchev–Trinajstić information content (AvgIpc) is 4.11. The number of halogens is 10. The Kier molecular flexibility index (Phi) is 14.2. The number of nitrogens with zero attached hydrogens (tertiary/aromatic N) is 6. The predicted molar refractivity (Wildman–Crippen MR) is 236 cm³/mol. The molecule has 3 N–H and O–H groups in total. The highest BCUT2D eigenvalue weighted by Crippen LogP contribution is 2.45. The first kappa shape index (κ1) is 50.5. The van der Waals surface area contributed by atoms with Crippen LogP contribution >= 0.6 is 23.2 Å². The van der Waals surface area contributed by atoms with Crippen LogP contribution in [0.3, 0.4) is 0 Å². The third kappa shape index (κ3) is 10.3. The zero-order valence-corrected chi connectivity index (χ0v) is 37.5. The lowest BCUT2D eigenvalue weighted by atomic mass is 10.0. The third-order valence-electron chi connectivity index (χ3n) is 9.77. The van der Waals surface area contributed by atoms with Crippen molar-refractivity contribution in [3.8, 4) is 56.5 Å². The summed E-state index contributed by atoms with van der Waals surface area (Å²) in [5.74, 6) is -6.97. The van der Waals surface area contributed by atoms with Crippen molar-refractivity contribution >= 4 is 58.3 Å². The molecule has 0 atom stereocenters. The minimum absolute atomic E-state index is 0.0451. The van der Waals surface area contributed by atoms with Gasteiger partial charge in [-0.1, -0.05) is 57.8 Å². The predicted octanol–water partition coefficient (Wildman–Crippen LogP) is 11.4. The van der Waals surface area contributed by atoms with Gasteiger partial charge in [0.15, 0.2) is 22.9 Å². The quantitative estimate of drug-likeness (QED) is 0.0863. The average molecular weight is 1030 g/mol. The maximum atomic E-state index is 14.6. The Hall–Kier alpha value is -8.38. The van der Waals surface area contributed by atoms with E-state index in [1.165, 1.54) is 86.6 Å². The monoisotopic (exact) mass is 1030 g/mol. The van der Waals surface area contributed by atoms with Gasteiger partial charge >= 0.3 is 24.3 Å². The minimum atomic E-state index is -5.03. The van der Waals surface area contributed by atoms with E-state index in [1.807, 2.05) is 0 Å². The molecule has 0 unspecified atom stereocenters. The maximum Gasteiger partial charge on any atom is 0.434 e. The number of aromatic nitrogens is 6. The number of alkyl halides is 6. The topological polar surface area (TPSA) is 209 Å². The Balaban J connectivity index is 0.000000209. The number of carbonyl (C=O) groups excluding carboxylic acids is 3. The van der Waals surface area contributed by atoms with Crippen LogP contribution in [0.2, 0.25) is 10.0 Å². The van der Waals surface area contributed by atoms with E-state index in [2.05, 4.69) is 31.1 Å². The second kappa shape index (κ2) is 19.9. The normalized spacial score (nSPS) is 11.5. The Morgan fingerprint density at radius 1 is 0.634 bits per heavy atom. The minimum Gasteiger partial charge on any atom is -0.477 e. The van der Waals surface area contributed by atoms with Gasteiger partial charge in [0.1, 0.15) is 34.1 Å². The number of benzene rings is 4. The number of rotatable bonds is 10. The van der Waals surface area contributed by atoms with Crippen LogP contribution in [0.4, 0.5) is 46.5 Å². The fourth-order valence-electron chi connectivity index (χ4n) is 7.03. The van der Waals surface area contributed by atoms with Crippen molar-refractivity contribution in [3.05, 3.63) is 142 Å². The molecule has 0 aliphatic carbocycles. The van der Waals surface area contributed by atoms with Gasteiger partial charge in [-0.15, -0.1) is 0 Å². The summed E-state index contributed by atoms with van der Waals surface area (Å²) in [7, 11) is 0.994. The lowest BCUT2D eigenvalue weighted by Gasteiger charge is -2.13. The summed E-state index contributed by atoms with van der Waals surface area (Å²) in [6, 6.07) is 18.1. The number of carboxylic acids is 1. The van der Waals surface area contributed by atoms with E-state index in [0.717, 1.165) is 31.6 Å². The number of nitrogens with one attached hydrogen (secondary N) is 2. The molecule has 0 radical (unpaired) electrons. The van der Waals surface area contributed by atoms with Crippen molar-refractivity contribution < 1.29 is 73.2 Å². The first-order valence-electron chi connectivity index (χ1n) is 19.8. The zero-order valence-electron chi connectivity index (χ0n) is 36.0. The molecule has 8 rings (SSSR count). The van der Waals surface area contributed by atoms with Crippen LogP contribution in [0.25, 0.3) is 56.5 Å². The number of amides is 2. The number of carboxylic acid groups (broad SMARTS) is 1. The van der Waals surface area contributed by atoms with Gasteiger partial charge in [-0.25, -0.2) is 27.7 Å². The van der Waals surface area contributed by atoms with Crippen molar-refractivity contribution in [2.24, 2.45) is 0 Å². The van der Waals surface area contributed by atoms with Crippen LogP contribution in [0.5, 0.6) is 0 Å². The molecule has 4 heterocycles. The fraction of sp³-hybridized carbons (Fsp3) is 0.111. The summed E-state index contributed by atoms with van der Waals surface area (Å²) >= 11 is 12.1. The molecule has 0 aliphatic rings. The smallest absolute Gasteiger partial charge is 0.434 e. The Morgan fingerprint density at radius 3 is 1.39 bits per heavy atom. The first-order chi connectivity index (χ1) is 33.5. The van der Waals surface area contributed by atoms with Crippen molar-refractivity contribution in [2.75, 3.05) is 17.7 Å². The van der Waals surface area contributed by atoms with E-state index < -0.39 is 110 Å². The molecule has 366 valence electrons. The Morgan fingerprint density at radius 2 is 1.03 bits per heavy atom. The molecule has 71 heavy (non-hydrogen) atoms. The van der Waals surface area contributed by atoms with Crippen molar-refractivity contribution in [1.82, 2.24) is 29.9 Å². The molecule has 0 spiro atoms. The van der Waals surface area contributed by atoms with Gasteiger partial charge in [0.05, 0.1) is 63.2 Å². The summed E-state index contributed by atoms with van der Waals surface area (Å²) in [6.07, 6.45) is -8.44. The van der Waals surface area contributed by atoms with E-state index in [4.69, 9.17) is 37.0 Å². The first-order valence-corrected chi connectivity index (χ1v) is 20.5. The number of carbonyl (C=O) groups is 4. The molecular formula is C45H28Cl2F8N8O8. The summed E-state index contributed by atoms with van der Waals surface area (Å²) in [5, 5.41) is 29.1. The summed E-state index contributed by atoms with van der Waals surface area (Å²) in [6.45, 7) is 2.48. The molecule has 0 bridgehead atoms. The van der Waals surface area contributed by atoms with E-state index >= 15 is 0 Å². The highest BCUT2D eigenvalue weighted by Gasteiger charge is 2.44. The van der Waals surface area contributed by atoms with Gasteiger partial charge in [0.2, 0.25) is 11.8 Å². The van der Waals surface area contributed by atoms with E-state index in [9.17, 15) is 59.4 Å². The van der Waals surface area contributed by atoms with Gasteiger partial charge in [-0.2, -0.15) is 36.5 Å². The van der Waals surface area contributed by atoms with Crippen molar-refractivity contribution in [1.29, 1.82) is 0 Å². The highest BCUT2D eigenvalue weighted by molar-refractivity contribution is 6.34. The molecule has 16 nitrogen and oxygen atoms in total. The van der Waals surface area contributed by atoms with Gasteiger partial charge < -0.3 is 29.5 Å². The number of methoxy groups -OCH3 is 1. The van der Waals surface area contributed by atoms with Gasteiger partial charge in [0, 0.05) is 25.2 Å². The number of aromatic carboxylic acids is 1. The van der Waals surface area contributed by atoms with Crippen LogP contribution in [-0.2, 0) is 26.7 Å². The van der Waals surface area contributed by atoms with Crippen LogP contribution < -0.4 is 10.6 Å². The molecule has 0 aliphatic heterocycles. The molecule has 0 saturated heterocycles. The van der Waals surface area contributed by atoms with Crippen LogP contribution in [0.1, 0.15) is 46.0 Å². The SMILES string of the molecule is CC(=O)Nc1cccc(-n2ncc(-c3onc(-c4c(F)cccc4Cl)c3C(=O)O)c2C(F)(F)F)c1.COC(=O)c1c(-c2c(F)cccc2Cl)noc1-c1cnn(-c2cccc(NC(C)=O)c2)c1C(F)(F)F.